The van der Waals surface area contributed by atoms with Crippen LogP contribution in [0.1, 0.15) is 0 Å². The van der Waals surface area contributed by atoms with Gasteiger partial charge < -0.3 is 28.6 Å². The highest BCUT2D eigenvalue weighted by molar-refractivity contribution is 7.03. The molecule has 2 aromatic heterocycles. The summed E-state index contributed by atoms with van der Waals surface area (Å²) in [4.78, 5) is 10.2. The summed E-state index contributed by atoms with van der Waals surface area (Å²) in [6.45, 7) is -0.294. The van der Waals surface area contributed by atoms with Crippen LogP contribution in [0.5, 0.6) is 0 Å². The van der Waals surface area contributed by atoms with E-state index in [9.17, 15) is 0 Å². The maximum Gasteiger partial charge on any atom is 0.252 e. The van der Waals surface area contributed by atoms with Gasteiger partial charge in [-0.3, -0.25) is 0 Å². The highest BCUT2D eigenvalue weighted by atomic mass is 16.3. The van der Waals surface area contributed by atoms with Crippen molar-refractivity contribution in [1.29, 1.82) is 0 Å². The molecule has 18 rings (SSSR count). The van der Waals surface area contributed by atoms with Gasteiger partial charge in [-0.1, -0.05) is 170 Å². The molecule has 0 fully saturated rings. The summed E-state index contributed by atoms with van der Waals surface area (Å²) in [6.07, 6.45) is 0. The second-order valence-electron chi connectivity index (χ2n) is 21.5. The molecule has 14 aromatic rings. The molecule has 0 bridgehead atoms. The molecule has 0 aliphatic carbocycles. The average molecular weight is 1020 g/mol. The molecule has 0 spiro atoms. The third kappa shape index (κ3) is 5.88. The van der Waals surface area contributed by atoms with Crippen LogP contribution in [0.3, 0.4) is 0 Å². The second kappa shape index (κ2) is 16.5. The smallest absolute Gasteiger partial charge is 0.252 e. The van der Waals surface area contributed by atoms with Gasteiger partial charge in [0.1, 0.15) is 11.2 Å². The van der Waals surface area contributed by atoms with E-state index in [1.165, 1.54) is 60.4 Å². The first-order chi connectivity index (χ1) is 39.8. The minimum Gasteiger partial charge on any atom is -0.456 e. The van der Waals surface area contributed by atoms with Crippen molar-refractivity contribution in [3.63, 3.8) is 0 Å². The van der Waals surface area contributed by atoms with Crippen LogP contribution in [0.2, 0.25) is 0 Å². The van der Waals surface area contributed by atoms with Crippen molar-refractivity contribution in [1.82, 2.24) is 4.57 Å². The van der Waals surface area contributed by atoms with Gasteiger partial charge in [-0.2, -0.15) is 0 Å². The van der Waals surface area contributed by atoms with Crippen LogP contribution in [0.25, 0.3) is 49.4 Å². The lowest BCUT2D eigenvalue weighted by molar-refractivity contribution is 0.669. The molecule has 0 atom stereocenters. The zero-order chi connectivity index (χ0) is 52.2. The van der Waals surface area contributed by atoms with Crippen LogP contribution in [-0.4, -0.2) is 18.0 Å². The number of nitrogens with zero attached hydrogens (tertiary/aromatic N) is 5. The summed E-state index contributed by atoms with van der Waals surface area (Å²) >= 11 is 0. The highest BCUT2D eigenvalue weighted by Gasteiger charge is 2.50. The number of fused-ring (bicyclic) bond motifs is 16. The predicted molar refractivity (Wildman–Crippen MR) is 336 cm³/mol. The molecule has 0 N–H and O–H groups in total. The highest BCUT2D eigenvalue weighted by Crippen LogP contribution is 2.53. The van der Waals surface area contributed by atoms with Crippen molar-refractivity contribution in [2.24, 2.45) is 0 Å². The molecule has 0 amide bonds. The first-order valence-corrected chi connectivity index (χ1v) is 27.7. The summed E-state index contributed by atoms with van der Waals surface area (Å²) in [5.74, 6) is 0. The SMILES string of the molecule is c1ccc(N2c3ccccc3B3c4cc5c(cc4N(c4ccccc4)c4c3c2cc2oc3ccccc3c42)N(c2ccccc2)c2cc3c(c4c2B5c2ccccc2N4c2ccccc2)c2ccccc2n3-c2ccccc2)cc1. The van der Waals surface area contributed by atoms with Gasteiger partial charge in [0.25, 0.3) is 13.4 Å². The van der Waals surface area contributed by atoms with Gasteiger partial charge in [0.2, 0.25) is 0 Å². The van der Waals surface area contributed by atoms with Crippen molar-refractivity contribution in [3.8, 4) is 5.69 Å². The lowest BCUT2D eigenvalue weighted by atomic mass is 9.30. The van der Waals surface area contributed by atoms with Crippen molar-refractivity contribution < 1.29 is 4.42 Å². The van der Waals surface area contributed by atoms with Gasteiger partial charge in [-0.15, -0.1) is 0 Å². The van der Waals surface area contributed by atoms with E-state index in [-0.39, 0.29) is 13.4 Å². The second-order valence-corrected chi connectivity index (χ2v) is 21.5. The van der Waals surface area contributed by atoms with Gasteiger partial charge in [0.05, 0.1) is 27.8 Å². The van der Waals surface area contributed by atoms with Crippen molar-refractivity contribution in [2.45, 2.75) is 0 Å². The molecule has 4 aliphatic heterocycles. The predicted octanol–water partition coefficient (Wildman–Crippen LogP) is 14.8. The zero-order valence-corrected chi connectivity index (χ0v) is 43.3. The van der Waals surface area contributed by atoms with E-state index in [4.69, 9.17) is 4.42 Å². The molecule has 0 saturated carbocycles. The fourth-order valence-electron chi connectivity index (χ4n) is 14.4. The Morgan fingerprint density at radius 1 is 0.263 bits per heavy atom. The Morgan fingerprint density at radius 3 is 1.29 bits per heavy atom. The molecule has 0 unspecified atom stereocenters. The van der Waals surface area contributed by atoms with E-state index in [0.29, 0.717) is 0 Å². The van der Waals surface area contributed by atoms with Crippen LogP contribution in [0.15, 0.2) is 277 Å². The molecule has 4 aliphatic rings. The Bertz CT molecular complexity index is 4870. The minimum absolute atomic E-state index is 0.147. The molecule has 6 heterocycles. The van der Waals surface area contributed by atoms with Crippen LogP contribution in [-0.2, 0) is 0 Å². The van der Waals surface area contributed by atoms with Crippen molar-refractivity contribution >= 4 is 158 Å². The summed E-state index contributed by atoms with van der Waals surface area (Å²) in [5, 5.41) is 4.65. The summed E-state index contributed by atoms with van der Waals surface area (Å²) in [7, 11) is 0. The number of benzene rings is 12. The van der Waals surface area contributed by atoms with Gasteiger partial charge in [-0.05, 0) is 130 Å². The molecule has 8 heteroatoms. The number of anilines is 12. The topological polar surface area (TPSA) is 31.0 Å². The lowest BCUT2D eigenvalue weighted by Crippen LogP contribution is -2.65. The molecular formula is C72H45B2N5O. The number of rotatable bonds is 5. The molecule has 0 saturated heterocycles. The number of aromatic nitrogens is 1. The molecule has 12 aromatic carbocycles. The van der Waals surface area contributed by atoms with E-state index in [0.717, 1.165) is 90.0 Å². The summed E-state index contributed by atoms with van der Waals surface area (Å²) < 4.78 is 9.50. The molecule has 6 nitrogen and oxygen atoms in total. The van der Waals surface area contributed by atoms with Gasteiger partial charge in [0, 0.05) is 84.8 Å². The Morgan fingerprint density at radius 2 is 0.688 bits per heavy atom. The first-order valence-electron chi connectivity index (χ1n) is 27.7. The maximum atomic E-state index is 7.02. The largest absolute Gasteiger partial charge is 0.456 e. The Balaban J connectivity index is 1.02. The standard InChI is InChI=1S/C72H45B2N5O/c1-6-24-46(25-7-1)75-57-38-20-16-34-51(57)67-62(75)44-63-69-71(67)78(49-30-12-4-13-31-49)59-40-22-19-37-54(59)74(69)55-42-56-61(43-60(55)77(63)48-28-10-3-11-29-48)79(50-32-14-5-15-33-50)72-68-52-35-17-23-41-65(52)80-66(68)45-64-70(72)73(56)53-36-18-21-39-58(53)76(64)47-26-8-2-9-27-47/h1-45H. The van der Waals surface area contributed by atoms with E-state index in [1.807, 2.05) is 0 Å². The fourth-order valence-corrected chi connectivity index (χ4v) is 14.4. The number of furan rings is 1. The fraction of sp³-hybridized carbons (Fsp3) is 0. The van der Waals surface area contributed by atoms with E-state index >= 15 is 0 Å². The first kappa shape index (κ1) is 43.6. The van der Waals surface area contributed by atoms with Crippen molar-refractivity contribution in [2.75, 3.05) is 19.6 Å². The van der Waals surface area contributed by atoms with Crippen LogP contribution in [0.4, 0.5) is 68.2 Å². The monoisotopic (exact) mass is 1020 g/mol. The van der Waals surface area contributed by atoms with E-state index in [2.05, 4.69) is 297 Å². The molecule has 80 heavy (non-hydrogen) atoms. The Hall–Kier alpha value is -10.4. The van der Waals surface area contributed by atoms with Gasteiger partial charge >= 0.3 is 0 Å². The Labute approximate surface area is 463 Å². The normalized spacial score (nSPS) is 13.6. The van der Waals surface area contributed by atoms with Crippen LogP contribution in [0, 0.1) is 0 Å². The summed E-state index contributed by atoms with van der Waals surface area (Å²) in [6, 6.07) is 101. The number of hydrogen-bond acceptors (Lipinski definition) is 5. The molecule has 0 radical (unpaired) electrons. The van der Waals surface area contributed by atoms with Crippen molar-refractivity contribution in [3.05, 3.63) is 273 Å². The summed E-state index contributed by atoms with van der Waals surface area (Å²) in [5.41, 5.74) is 26.4. The Kier molecular flexibility index (Phi) is 9.03. The van der Waals surface area contributed by atoms with Gasteiger partial charge in [0.15, 0.2) is 0 Å². The average Bonchev–Trinajstić information content (AvgIpc) is 4.17. The van der Waals surface area contributed by atoms with E-state index < -0.39 is 0 Å². The van der Waals surface area contributed by atoms with Crippen LogP contribution < -0.4 is 52.4 Å². The molecule has 370 valence electrons. The number of hydrogen-bond donors (Lipinski definition) is 0. The van der Waals surface area contributed by atoms with E-state index in [1.54, 1.807) is 0 Å². The number of para-hydroxylation sites is 9. The third-order valence-electron chi connectivity index (χ3n) is 17.4. The van der Waals surface area contributed by atoms with Gasteiger partial charge in [-0.25, -0.2) is 0 Å². The molecular weight excluding hydrogens is 972 g/mol. The quantitative estimate of drug-likeness (QED) is 0.160. The zero-order valence-electron chi connectivity index (χ0n) is 43.3. The minimum atomic E-state index is -0.148. The lowest BCUT2D eigenvalue weighted by Gasteiger charge is -2.47. The third-order valence-corrected chi connectivity index (χ3v) is 17.4. The maximum absolute atomic E-state index is 7.02. The van der Waals surface area contributed by atoms with Crippen LogP contribution >= 0.6 is 0 Å².